The van der Waals surface area contributed by atoms with Gasteiger partial charge in [0.15, 0.2) is 0 Å². The smallest absolute Gasteiger partial charge is 0.457 e. The summed E-state index contributed by atoms with van der Waals surface area (Å²) < 4.78 is 33.3. The highest BCUT2D eigenvalue weighted by atomic mass is 31.2. The molecule has 10 heteroatoms. The van der Waals surface area contributed by atoms with Crippen molar-refractivity contribution < 1.29 is 43.0 Å². The maximum atomic E-state index is 12.6. The van der Waals surface area contributed by atoms with Crippen LogP contribution in [0.1, 0.15) is 168 Å². The van der Waals surface area contributed by atoms with Crippen LogP contribution in [0, 0.1) is 0 Å². The van der Waals surface area contributed by atoms with Gasteiger partial charge in [0.1, 0.15) is 12.2 Å². The molecule has 0 aliphatic rings. The third-order valence-electron chi connectivity index (χ3n) is 9.10. The summed E-state index contributed by atoms with van der Waals surface area (Å²) in [5.74, 6) is -0.441. The average molecular weight is 835 g/mol. The van der Waals surface area contributed by atoms with Crippen LogP contribution in [0.25, 0.3) is 0 Å². The van der Waals surface area contributed by atoms with Gasteiger partial charge >= 0.3 is 13.8 Å². The molecule has 3 unspecified atom stereocenters. The number of rotatable bonds is 42. The number of carbonyl (C=O) groups excluding carboxylic acids is 1. The van der Waals surface area contributed by atoms with Crippen LogP contribution in [-0.4, -0.2) is 66.3 Å². The number of carbonyl (C=O) groups is 1. The summed E-state index contributed by atoms with van der Waals surface area (Å²) in [5, 5.41) is 18.4. The van der Waals surface area contributed by atoms with E-state index in [-0.39, 0.29) is 13.0 Å². The predicted molar refractivity (Wildman–Crippen MR) is 242 cm³/mol. The van der Waals surface area contributed by atoms with Gasteiger partial charge < -0.3 is 24.6 Å². The monoisotopic (exact) mass is 835 g/mol. The maximum absolute atomic E-state index is 12.6. The Kier molecular flexibility index (Phi) is 42.4. The molecule has 3 atom stereocenters. The summed E-state index contributed by atoms with van der Waals surface area (Å²) in [5.41, 5.74) is 0. The molecule has 0 aromatic carbocycles. The normalized spacial score (nSPS) is 14.8. The van der Waals surface area contributed by atoms with Crippen LogP contribution in [-0.2, 0) is 27.9 Å². The van der Waals surface area contributed by atoms with Gasteiger partial charge in [-0.25, -0.2) is 4.57 Å². The minimum absolute atomic E-state index is 0.0231. The van der Waals surface area contributed by atoms with E-state index in [1.54, 1.807) is 0 Å². The molecule has 0 amide bonds. The Bertz CT molecular complexity index is 1170. The van der Waals surface area contributed by atoms with E-state index in [0.29, 0.717) is 13.0 Å². The van der Waals surface area contributed by atoms with Crippen LogP contribution in [0.2, 0.25) is 0 Å². The van der Waals surface area contributed by atoms with Crippen molar-refractivity contribution in [1.82, 2.24) is 0 Å². The molecule has 0 spiro atoms. The molecule has 58 heavy (non-hydrogen) atoms. The number of phosphoric ester groups is 1. The van der Waals surface area contributed by atoms with E-state index in [9.17, 15) is 19.4 Å². The zero-order valence-electron chi connectivity index (χ0n) is 36.5. The van der Waals surface area contributed by atoms with Crippen molar-refractivity contribution in [3.8, 4) is 0 Å². The molecule has 0 fully saturated rings. The van der Waals surface area contributed by atoms with E-state index in [0.717, 1.165) is 70.6 Å². The summed E-state index contributed by atoms with van der Waals surface area (Å²) in [6, 6.07) is 0. The Hall–Kier alpha value is -2.36. The Morgan fingerprint density at radius 3 is 1.41 bits per heavy atom. The SMILES string of the molecule is CC/C=C\C/C=C\C/C=C\C/C=C\C/C=C\C/C=C\C/C=C\CCCC(=O)OC(COCCCCCCCCCCCCCCCC)COP(=O)(O)OCC(O)CO. The zero-order valence-corrected chi connectivity index (χ0v) is 37.4. The summed E-state index contributed by atoms with van der Waals surface area (Å²) in [4.78, 5) is 22.6. The molecule has 9 nitrogen and oxygen atoms in total. The molecular formula is C48H83O9P. The van der Waals surface area contributed by atoms with E-state index in [1.807, 2.05) is 6.08 Å². The van der Waals surface area contributed by atoms with E-state index in [2.05, 4.69) is 92.8 Å². The molecular weight excluding hydrogens is 751 g/mol. The van der Waals surface area contributed by atoms with Gasteiger partial charge in [-0.2, -0.15) is 0 Å². The van der Waals surface area contributed by atoms with Gasteiger partial charge in [0.05, 0.1) is 26.4 Å². The van der Waals surface area contributed by atoms with Gasteiger partial charge in [-0.05, 0) is 64.2 Å². The number of aliphatic hydroxyl groups excluding tert-OH is 2. The van der Waals surface area contributed by atoms with Crippen LogP contribution in [0.4, 0.5) is 0 Å². The van der Waals surface area contributed by atoms with Crippen molar-refractivity contribution in [3.05, 3.63) is 85.1 Å². The fraction of sp³-hybridized carbons (Fsp3) is 0.688. The Morgan fingerprint density at radius 1 is 0.552 bits per heavy atom. The van der Waals surface area contributed by atoms with Gasteiger partial charge in [0.2, 0.25) is 0 Å². The number of ether oxygens (including phenoxy) is 2. The summed E-state index contributed by atoms with van der Waals surface area (Å²) in [6.45, 7) is 3.32. The highest BCUT2D eigenvalue weighted by molar-refractivity contribution is 7.47. The van der Waals surface area contributed by atoms with E-state index in [1.165, 1.54) is 70.6 Å². The lowest BCUT2D eigenvalue weighted by molar-refractivity contribution is -0.154. The van der Waals surface area contributed by atoms with Crippen molar-refractivity contribution in [2.24, 2.45) is 0 Å². The number of unbranched alkanes of at least 4 members (excludes halogenated alkanes) is 14. The van der Waals surface area contributed by atoms with Gasteiger partial charge in [0, 0.05) is 13.0 Å². The lowest BCUT2D eigenvalue weighted by atomic mass is 10.0. The molecule has 0 saturated heterocycles. The van der Waals surface area contributed by atoms with Crippen molar-refractivity contribution in [3.63, 3.8) is 0 Å². The molecule has 0 saturated carbocycles. The molecule has 334 valence electrons. The predicted octanol–water partition coefficient (Wildman–Crippen LogP) is 12.7. The number of aliphatic hydroxyl groups is 2. The number of phosphoric acid groups is 1. The van der Waals surface area contributed by atoms with Crippen molar-refractivity contribution >= 4 is 13.8 Å². The summed E-state index contributed by atoms with van der Waals surface area (Å²) >= 11 is 0. The molecule has 0 rings (SSSR count). The molecule has 0 heterocycles. The van der Waals surface area contributed by atoms with Crippen molar-refractivity contribution in [2.45, 2.75) is 180 Å². The topological polar surface area (TPSA) is 132 Å². The quantitative estimate of drug-likeness (QED) is 0.0238. The standard InChI is InChI=1S/C48H83O9P/c1-3-5-7-9-11-13-15-17-19-20-21-22-23-24-25-26-27-28-30-32-34-36-38-40-48(51)57-47(45-56-58(52,53)55-43-46(50)42-49)44-54-41-39-37-35-33-31-29-18-16-14-12-10-8-6-4-2/h5,7,11,13,17,19,21-22,24-25,27-28,32,34,46-47,49-50H,3-4,6,8-10,12,14-16,18,20,23,26,29-31,33,35-45H2,1-2H3,(H,52,53)/b7-5-,13-11-,19-17-,22-21-,25-24-,28-27-,34-32-. The first-order chi connectivity index (χ1) is 28.3. The second-order valence-corrected chi connectivity index (χ2v) is 16.1. The Morgan fingerprint density at radius 2 is 0.966 bits per heavy atom. The van der Waals surface area contributed by atoms with E-state index < -0.39 is 45.8 Å². The molecule has 0 radical (unpaired) electrons. The van der Waals surface area contributed by atoms with Gasteiger partial charge in [0.25, 0.3) is 0 Å². The molecule has 0 bridgehead atoms. The van der Waals surface area contributed by atoms with Crippen LogP contribution >= 0.6 is 7.82 Å². The van der Waals surface area contributed by atoms with Crippen LogP contribution < -0.4 is 0 Å². The van der Waals surface area contributed by atoms with Crippen molar-refractivity contribution in [1.29, 1.82) is 0 Å². The highest BCUT2D eigenvalue weighted by Gasteiger charge is 2.26. The average Bonchev–Trinajstić information content (AvgIpc) is 3.21. The minimum atomic E-state index is -4.54. The summed E-state index contributed by atoms with van der Waals surface area (Å²) in [7, 11) is -4.54. The fourth-order valence-corrected chi connectivity index (χ4v) is 6.49. The largest absolute Gasteiger partial charge is 0.472 e. The lowest BCUT2D eigenvalue weighted by Gasteiger charge is -2.20. The van der Waals surface area contributed by atoms with Gasteiger partial charge in [-0.3, -0.25) is 13.8 Å². The summed E-state index contributed by atoms with van der Waals surface area (Å²) in [6.07, 6.45) is 54.0. The van der Waals surface area contributed by atoms with Crippen molar-refractivity contribution in [2.75, 3.05) is 33.0 Å². The number of esters is 1. The van der Waals surface area contributed by atoms with Gasteiger partial charge in [-0.1, -0.05) is 182 Å². The highest BCUT2D eigenvalue weighted by Crippen LogP contribution is 2.43. The number of hydrogen-bond acceptors (Lipinski definition) is 8. The third-order valence-corrected chi connectivity index (χ3v) is 10.0. The Balaban J connectivity index is 4.28. The lowest BCUT2D eigenvalue weighted by Crippen LogP contribution is -2.29. The van der Waals surface area contributed by atoms with Crippen LogP contribution in [0.15, 0.2) is 85.1 Å². The fourth-order valence-electron chi connectivity index (χ4n) is 5.70. The number of allylic oxidation sites excluding steroid dienone is 14. The van der Waals surface area contributed by atoms with Crippen LogP contribution in [0.3, 0.4) is 0 Å². The second kappa shape index (κ2) is 44.2. The first kappa shape index (κ1) is 55.6. The van der Waals surface area contributed by atoms with Crippen LogP contribution in [0.5, 0.6) is 0 Å². The second-order valence-electron chi connectivity index (χ2n) is 14.7. The first-order valence-corrected chi connectivity index (χ1v) is 24.1. The molecule has 0 aliphatic heterocycles. The third kappa shape index (κ3) is 43.2. The van der Waals surface area contributed by atoms with Gasteiger partial charge in [-0.15, -0.1) is 0 Å². The number of hydrogen-bond donors (Lipinski definition) is 3. The molecule has 0 aromatic heterocycles. The maximum Gasteiger partial charge on any atom is 0.472 e. The first-order valence-electron chi connectivity index (χ1n) is 22.6. The van der Waals surface area contributed by atoms with E-state index in [4.69, 9.17) is 23.6 Å². The molecule has 3 N–H and O–H groups in total. The Labute approximate surface area is 354 Å². The molecule has 0 aliphatic carbocycles. The zero-order chi connectivity index (χ0) is 42.5. The molecule has 0 aromatic rings. The minimum Gasteiger partial charge on any atom is -0.457 e. The van der Waals surface area contributed by atoms with E-state index >= 15 is 0 Å².